The Hall–Kier alpha value is -2.45. The molecule has 0 saturated heterocycles. The molecule has 1 rings (SSSR count). The molecule has 0 aliphatic rings. The number of nitrogens with one attached hydrogen (secondary N) is 2. The summed E-state index contributed by atoms with van der Waals surface area (Å²) in [6.07, 6.45) is -0.805. The smallest absolute Gasteiger partial charge is 0.253 e. The van der Waals surface area contributed by atoms with Gasteiger partial charge in [-0.1, -0.05) is 41.5 Å². The van der Waals surface area contributed by atoms with E-state index in [9.17, 15) is 24.6 Å². The Morgan fingerprint density at radius 1 is 0.917 bits per heavy atom. The molecule has 0 spiro atoms. The van der Waals surface area contributed by atoms with Crippen LogP contribution in [0.2, 0.25) is 0 Å². The predicted octanol–water partition coefficient (Wildman–Crippen LogP) is 3.29. The summed E-state index contributed by atoms with van der Waals surface area (Å²) in [7, 11) is 0. The molecule has 0 bridgehead atoms. The molecular weight excluding hydrogens is 458 g/mol. The first kappa shape index (κ1) is 31.6. The van der Waals surface area contributed by atoms with Crippen LogP contribution in [0.3, 0.4) is 0 Å². The standard InChI is InChI=1S/C28H47N3O5/c1-8-10-31(11-9-2)28(36)22-14-20(7)13-21(15-22)27(35)30-23(12-18(3)4)26(34)24(32)16-25(33)29-17-19(5)6/h13-15,18-19,23-24,26,32,34H,8-12,16-17H2,1-7H3,(H,29,33)(H,30,35)/t23-,24+,26+/m0/s1. The molecule has 204 valence electrons. The summed E-state index contributed by atoms with van der Waals surface area (Å²) in [6.45, 7) is 15.5. The van der Waals surface area contributed by atoms with E-state index < -0.39 is 24.2 Å². The Balaban J connectivity index is 3.05. The van der Waals surface area contributed by atoms with Crippen molar-refractivity contribution >= 4 is 17.7 Å². The van der Waals surface area contributed by atoms with Crippen molar-refractivity contribution in [1.82, 2.24) is 15.5 Å². The number of hydrogen-bond donors (Lipinski definition) is 4. The van der Waals surface area contributed by atoms with Gasteiger partial charge in [0, 0.05) is 30.8 Å². The minimum absolute atomic E-state index is 0.113. The molecule has 8 heteroatoms. The summed E-state index contributed by atoms with van der Waals surface area (Å²) >= 11 is 0. The number of carbonyl (C=O) groups is 3. The number of benzene rings is 1. The highest BCUT2D eigenvalue weighted by molar-refractivity contribution is 6.00. The molecule has 0 fully saturated rings. The van der Waals surface area contributed by atoms with Gasteiger partial charge in [-0.25, -0.2) is 0 Å². The van der Waals surface area contributed by atoms with Crippen LogP contribution < -0.4 is 10.6 Å². The maximum atomic E-state index is 13.2. The van der Waals surface area contributed by atoms with Crippen molar-refractivity contribution < 1.29 is 24.6 Å². The van der Waals surface area contributed by atoms with E-state index >= 15 is 0 Å². The van der Waals surface area contributed by atoms with E-state index in [0.29, 0.717) is 37.2 Å². The zero-order valence-corrected chi connectivity index (χ0v) is 23.1. The molecule has 1 aromatic carbocycles. The van der Waals surface area contributed by atoms with Gasteiger partial charge in [-0.05, 0) is 61.8 Å². The van der Waals surface area contributed by atoms with Gasteiger partial charge >= 0.3 is 0 Å². The van der Waals surface area contributed by atoms with Gasteiger partial charge in [-0.2, -0.15) is 0 Å². The summed E-state index contributed by atoms with van der Waals surface area (Å²) in [4.78, 5) is 40.2. The Kier molecular flexibility index (Phi) is 13.7. The predicted molar refractivity (Wildman–Crippen MR) is 143 cm³/mol. The van der Waals surface area contributed by atoms with Crippen LogP contribution in [0.1, 0.15) is 93.5 Å². The van der Waals surface area contributed by atoms with Gasteiger partial charge in [0.1, 0.15) is 6.10 Å². The number of hydrogen-bond acceptors (Lipinski definition) is 5. The first-order chi connectivity index (χ1) is 16.9. The molecule has 0 radical (unpaired) electrons. The normalized spacial score (nSPS) is 13.9. The van der Waals surface area contributed by atoms with E-state index in [1.807, 2.05) is 48.5 Å². The van der Waals surface area contributed by atoms with Crippen LogP contribution in [0.15, 0.2) is 18.2 Å². The van der Waals surface area contributed by atoms with Crippen molar-refractivity contribution in [1.29, 1.82) is 0 Å². The van der Waals surface area contributed by atoms with E-state index in [1.54, 1.807) is 23.1 Å². The molecule has 36 heavy (non-hydrogen) atoms. The van der Waals surface area contributed by atoms with Crippen LogP contribution >= 0.6 is 0 Å². The lowest BCUT2D eigenvalue weighted by Crippen LogP contribution is -2.50. The van der Waals surface area contributed by atoms with Crippen LogP contribution in [0.5, 0.6) is 0 Å². The Labute approximate surface area is 216 Å². The van der Waals surface area contributed by atoms with Crippen LogP contribution in [-0.2, 0) is 4.79 Å². The summed E-state index contributed by atoms with van der Waals surface area (Å²) in [5.41, 5.74) is 1.54. The maximum Gasteiger partial charge on any atom is 0.253 e. The molecule has 0 aliphatic heterocycles. The summed E-state index contributed by atoms with van der Waals surface area (Å²) in [5.74, 6) is -0.510. The number of amides is 3. The molecule has 0 unspecified atom stereocenters. The second kappa shape index (κ2) is 15.6. The van der Waals surface area contributed by atoms with Crippen LogP contribution in [0.4, 0.5) is 0 Å². The van der Waals surface area contributed by atoms with Crippen LogP contribution in [-0.4, -0.2) is 70.7 Å². The molecule has 0 heterocycles. The molecule has 3 amide bonds. The van der Waals surface area contributed by atoms with E-state index in [0.717, 1.165) is 18.4 Å². The molecule has 8 nitrogen and oxygen atoms in total. The van der Waals surface area contributed by atoms with Gasteiger partial charge < -0.3 is 25.7 Å². The van der Waals surface area contributed by atoms with Crippen molar-refractivity contribution in [3.8, 4) is 0 Å². The second-order valence-electron chi connectivity index (χ2n) is 10.5. The molecule has 0 aliphatic carbocycles. The SMILES string of the molecule is CCCN(CCC)C(=O)c1cc(C)cc(C(=O)N[C@@H](CC(C)C)[C@@H](O)[C@H](O)CC(=O)NCC(C)C)c1. The fourth-order valence-electron chi connectivity index (χ4n) is 4.09. The van der Waals surface area contributed by atoms with Crippen molar-refractivity contribution in [3.05, 3.63) is 34.9 Å². The lowest BCUT2D eigenvalue weighted by molar-refractivity contribution is -0.125. The lowest BCUT2D eigenvalue weighted by atomic mass is 9.94. The third kappa shape index (κ3) is 10.7. The fourth-order valence-corrected chi connectivity index (χ4v) is 4.09. The minimum atomic E-state index is -1.33. The number of carbonyl (C=O) groups excluding carboxylic acids is 3. The largest absolute Gasteiger partial charge is 0.390 e. The Morgan fingerprint density at radius 3 is 2.03 bits per heavy atom. The first-order valence-corrected chi connectivity index (χ1v) is 13.2. The third-order valence-electron chi connectivity index (χ3n) is 5.81. The van der Waals surface area contributed by atoms with E-state index in [2.05, 4.69) is 10.6 Å². The topological polar surface area (TPSA) is 119 Å². The van der Waals surface area contributed by atoms with Gasteiger partial charge in [-0.15, -0.1) is 0 Å². The summed E-state index contributed by atoms with van der Waals surface area (Å²) < 4.78 is 0. The number of aliphatic hydroxyl groups is 2. The highest BCUT2D eigenvalue weighted by Crippen LogP contribution is 2.17. The number of nitrogens with zero attached hydrogens (tertiary/aromatic N) is 1. The highest BCUT2D eigenvalue weighted by Gasteiger charge is 2.30. The average Bonchev–Trinajstić information content (AvgIpc) is 2.80. The van der Waals surface area contributed by atoms with Gasteiger partial charge in [-0.3, -0.25) is 14.4 Å². The van der Waals surface area contributed by atoms with Crippen molar-refractivity contribution in [2.45, 2.75) is 92.4 Å². The second-order valence-corrected chi connectivity index (χ2v) is 10.5. The van der Waals surface area contributed by atoms with Crippen molar-refractivity contribution in [2.24, 2.45) is 11.8 Å². The van der Waals surface area contributed by atoms with E-state index in [4.69, 9.17) is 0 Å². The Bertz CT molecular complexity index is 850. The van der Waals surface area contributed by atoms with Crippen molar-refractivity contribution in [2.75, 3.05) is 19.6 Å². The number of aliphatic hydroxyl groups excluding tert-OH is 2. The quantitative estimate of drug-likeness (QED) is 0.292. The fraction of sp³-hybridized carbons (Fsp3) is 0.679. The molecule has 4 N–H and O–H groups in total. The number of rotatable bonds is 15. The van der Waals surface area contributed by atoms with Gasteiger partial charge in [0.25, 0.3) is 11.8 Å². The van der Waals surface area contributed by atoms with E-state index in [1.165, 1.54) is 0 Å². The molecule has 3 atom stereocenters. The molecule has 0 aromatic heterocycles. The monoisotopic (exact) mass is 505 g/mol. The van der Waals surface area contributed by atoms with E-state index in [-0.39, 0.29) is 30.1 Å². The molecule has 0 saturated carbocycles. The van der Waals surface area contributed by atoms with Crippen LogP contribution in [0.25, 0.3) is 0 Å². The zero-order valence-electron chi connectivity index (χ0n) is 23.1. The maximum absolute atomic E-state index is 13.2. The Morgan fingerprint density at radius 2 is 1.50 bits per heavy atom. The van der Waals surface area contributed by atoms with Crippen LogP contribution in [0, 0.1) is 18.8 Å². The van der Waals surface area contributed by atoms with Crippen molar-refractivity contribution in [3.63, 3.8) is 0 Å². The first-order valence-electron chi connectivity index (χ1n) is 13.2. The zero-order chi connectivity index (χ0) is 27.4. The summed E-state index contributed by atoms with van der Waals surface area (Å²) in [6, 6.07) is 4.29. The summed E-state index contributed by atoms with van der Waals surface area (Å²) in [5, 5.41) is 26.9. The van der Waals surface area contributed by atoms with Gasteiger partial charge in [0.2, 0.25) is 5.91 Å². The number of aryl methyl sites for hydroxylation is 1. The average molecular weight is 506 g/mol. The van der Waals surface area contributed by atoms with Gasteiger partial charge in [0.15, 0.2) is 0 Å². The minimum Gasteiger partial charge on any atom is -0.390 e. The lowest BCUT2D eigenvalue weighted by Gasteiger charge is -2.29. The molecule has 1 aromatic rings. The molecular formula is C28H47N3O5. The third-order valence-corrected chi connectivity index (χ3v) is 5.81. The van der Waals surface area contributed by atoms with Gasteiger partial charge in [0.05, 0.1) is 18.6 Å². The highest BCUT2D eigenvalue weighted by atomic mass is 16.3.